The summed E-state index contributed by atoms with van der Waals surface area (Å²) < 4.78 is 0. The normalized spacial score (nSPS) is 15.3. The molecule has 2 aliphatic rings. The first-order valence-electron chi connectivity index (χ1n) is 19.2. The van der Waals surface area contributed by atoms with Crippen LogP contribution < -0.4 is 4.90 Å². The van der Waals surface area contributed by atoms with E-state index in [-0.39, 0.29) is 10.8 Å². The van der Waals surface area contributed by atoms with Crippen LogP contribution in [-0.4, -0.2) is 0 Å². The van der Waals surface area contributed by atoms with Crippen LogP contribution in [0.15, 0.2) is 169 Å². The van der Waals surface area contributed by atoms with E-state index in [1.807, 2.05) is 0 Å². The molecular formula is C53H49N. The van der Waals surface area contributed by atoms with Crippen LogP contribution in [0.25, 0.3) is 34.4 Å². The number of rotatable bonds is 8. The van der Waals surface area contributed by atoms with E-state index < -0.39 is 0 Å². The Kier molecular flexibility index (Phi) is 8.98. The molecule has 0 saturated carbocycles. The maximum absolute atomic E-state index is 2.39. The van der Waals surface area contributed by atoms with Crippen LogP contribution in [0.1, 0.15) is 80.5 Å². The second kappa shape index (κ2) is 13.8. The Hall–Kier alpha value is -5.92. The summed E-state index contributed by atoms with van der Waals surface area (Å²) in [6.45, 7) is 15.9. The van der Waals surface area contributed by atoms with Crippen molar-refractivity contribution in [1.29, 1.82) is 0 Å². The van der Waals surface area contributed by atoms with Crippen LogP contribution >= 0.6 is 0 Å². The second-order valence-electron chi connectivity index (χ2n) is 16.1. The highest BCUT2D eigenvalue weighted by Gasteiger charge is 2.37. The first-order valence-corrected chi connectivity index (χ1v) is 19.2. The standard InChI is InChI=1S/C53H49N/c1-36(20-23-39-25-29-45-44-28-22-38(3)32-48(44)52(4,5)49(45)33-39)18-19-37(2)21-24-40-26-30-46-47-31-27-43(35-51(47)53(6,7)50(46)34-40)54(41-14-10-8-11-15-41)42-16-12-9-13-17-42/h8-35H,1-7H3/b23-20+,24-21+,36-18+,37-19+. The minimum absolute atomic E-state index is 0.00666. The first kappa shape index (κ1) is 35.1. The number of hydrogen-bond donors (Lipinski definition) is 0. The molecule has 0 atom stereocenters. The number of anilines is 3. The lowest BCUT2D eigenvalue weighted by Gasteiger charge is -2.28. The fourth-order valence-corrected chi connectivity index (χ4v) is 8.39. The highest BCUT2D eigenvalue weighted by molar-refractivity contribution is 5.86. The summed E-state index contributed by atoms with van der Waals surface area (Å²) in [6.07, 6.45) is 13.3. The minimum Gasteiger partial charge on any atom is -0.310 e. The van der Waals surface area contributed by atoms with Crippen LogP contribution in [0.5, 0.6) is 0 Å². The smallest absolute Gasteiger partial charge is 0.0465 e. The summed E-state index contributed by atoms with van der Waals surface area (Å²) in [7, 11) is 0. The van der Waals surface area contributed by atoms with Gasteiger partial charge in [-0.05, 0) is 113 Å². The van der Waals surface area contributed by atoms with Crippen molar-refractivity contribution in [3.05, 3.63) is 208 Å². The van der Waals surface area contributed by atoms with Gasteiger partial charge in [0.25, 0.3) is 0 Å². The monoisotopic (exact) mass is 699 g/mol. The van der Waals surface area contributed by atoms with Gasteiger partial charge in [0.15, 0.2) is 0 Å². The second-order valence-corrected chi connectivity index (χ2v) is 16.1. The molecule has 0 saturated heterocycles. The Balaban J connectivity index is 0.987. The van der Waals surface area contributed by atoms with Gasteiger partial charge in [0.05, 0.1) is 0 Å². The topological polar surface area (TPSA) is 3.24 Å². The molecule has 8 rings (SSSR count). The van der Waals surface area contributed by atoms with Crippen molar-refractivity contribution in [3.8, 4) is 22.3 Å². The molecule has 0 fully saturated rings. The number of benzene rings is 6. The van der Waals surface area contributed by atoms with E-state index in [0.29, 0.717) is 0 Å². The fraction of sp³-hybridized carbons (Fsp3) is 0.170. The van der Waals surface area contributed by atoms with Crippen molar-refractivity contribution in [2.45, 2.75) is 59.3 Å². The fourth-order valence-electron chi connectivity index (χ4n) is 8.39. The third-order valence-corrected chi connectivity index (χ3v) is 11.5. The van der Waals surface area contributed by atoms with Crippen molar-refractivity contribution in [2.75, 3.05) is 4.90 Å². The molecule has 0 N–H and O–H groups in total. The average molecular weight is 700 g/mol. The molecule has 6 aromatic rings. The van der Waals surface area contributed by atoms with Gasteiger partial charge in [-0.15, -0.1) is 0 Å². The predicted molar refractivity (Wildman–Crippen MR) is 233 cm³/mol. The molecule has 0 bridgehead atoms. The Morgan fingerprint density at radius 2 is 0.852 bits per heavy atom. The highest BCUT2D eigenvalue weighted by Crippen LogP contribution is 2.51. The van der Waals surface area contributed by atoms with Crippen molar-refractivity contribution in [2.24, 2.45) is 0 Å². The summed E-state index contributed by atoms with van der Waals surface area (Å²) in [6, 6.07) is 49.0. The van der Waals surface area contributed by atoms with Gasteiger partial charge in [-0.1, -0.05) is 178 Å². The third-order valence-electron chi connectivity index (χ3n) is 11.5. The molecule has 0 radical (unpaired) electrons. The van der Waals surface area contributed by atoms with Gasteiger partial charge in [-0.3, -0.25) is 0 Å². The molecule has 1 heteroatoms. The van der Waals surface area contributed by atoms with E-state index in [2.05, 4.69) is 223 Å². The lowest BCUT2D eigenvalue weighted by atomic mass is 9.81. The van der Waals surface area contributed by atoms with Gasteiger partial charge in [0, 0.05) is 27.9 Å². The molecule has 0 aliphatic heterocycles. The maximum Gasteiger partial charge on any atom is 0.0465 e. The number of hydrogen-bond acceptors (Lipinski definition) is 1. The zero-order valence-corrected chi connectivity index (χ0v) is 32.6. The highest BCUT2D eigenvalue weighted by atomic mass is 15.1. The van der Waals surface area contributed by atoms with Gasteiger partial charge in [-0.25, -0.2) is 0 Å². The van der Waals surface area contributed by atoms with Crippen LogP contribution in [0.3, 0.4) is 0 Å². The molecule has 54 heavy (non-hydrogen) atoms. The van der Waals surface area contributed by atoms with Crippen LogP contribution in [0, 0.1) is 6.92 Å². The SMILES string of the molecule is CC(/C=C/c1ccc2c(c1)C(C)(C)c1cc(C)ccc1-2)=C\C=C(C)\C=C\c1ccc2c(c1)C(C)(C)c1cc(N(c3ccccc3)c3ccccc3)ccc1-2. The summed E-state index contributed by atoms with van der Waals surface area (Å²) in [5.41, 5.74) is 20.5. The van der Waals surface area contributed by atoms with Gasteiger partial charge in [0.1, 0.15) is 0 Å². The Labute approximate surface area is 322 Å². The van der Waals surface area contributed by atoms with Gasteiger partial charge in [0.2, 0.25) is 0 Å². The lowest BCUT2D eigenvalue weighted by Crippen LogP contribution is -2.16. The van der Waals surface area contributed by atoms with E-state index in [4.69, 9.17) is 0 Å². The Morgan fingerprint density at radius 3 is 1.33 bits per heavy atom. The molecule has 2 aliphatic carbocycles. The van der Waals surface area contributed by atoms with Crippen LogP contribution in [-0.2, 0) is 10.8 Å². The molecule has 0 spiro atoms. The number of fused-ring (bicyclic) bond motifs is 6. The average Bonchev–Trinajstić information content (AvgIpc) is 3.54. The maximum atomic E-state index is 2.39. The van der Waals surface area contributed by atoms with Crippen LogP contribution in [0.4, 0.5) is 17.1 Å². The zero-order valence-electron chi connectivity index (χ0n) is 32.6. The van der Waals surface area contributed by atoms with E-state index in [0.717, 1.165) is 11.4 Å². The van der Waals surface area contributed by atoms with Crippen molar-refractivity contribution in [1.82, 2.24) is 0 Å². The Morgan fingerprint density at radius 1 is 0.444 bits per heavy atom. The third kappa shape index (κ3) is 6.39. The molecule has 1 nitrogen and oxygen atoms in total. The molecule has 0 unspecified atom stereocenters. The molecule has 0 amide bonds. The van der Waals surface area contributed by atoms with E-state index in [1.54, 1.807) is 0 Å². The van der Waals surface area contributed by atoms with Gasteiger partial charge >= 0.3 is 0 Å². The summed E-state index contributed by atoms with van der Waals surface area (Å²) in [5, 5.41) is 0. The van der Waals surface area contributed by atoms with Crippen molar-refractivity contribution in [3.63, 3.8) is 0 Å². The number of para-hydroxylation sites is 2. The van der Waals surface area contributed by atoms with Gasteiger partial charge in [-0.2, -0.15) is 0 Å². The quantitative estimate of drug-likeness (QED) is 0.143. The zero-order chi connectivity index (χ0) is 37.6. The minimum atomic E-state index is -0.127. The van der Waals surface area contributed by atoms with E-state index in [1.165, 1.54) is 78.0 Å². The Bertz CT molecular complexity index is 2460. The molecule has 0 heterocycles. The molecular weight excluding hydrogens is 651 g/mol. The summed E-state index contributed by atoms with van der Waals surface area (Å²) in [4.78, 5) is 2.35. The van der Waals surface area contributed by atoms with Crippen molar-refractivity contribution < 1.29 is 0 Å². The number of nitrogens with zero attached hydrogens (tertiary/aromatic N) is 1. The number of allylic oxidation sites excluding steroid dienone is 6. The van der Waals surface area contributed by atoms with Gasteiger partial charge < -0.3 is 4.90 Å². The molecule has 0 aromatic heterocycles. The van der Waals surface area contributed by atoms with E-state index >= 15 is 0 Å². The van der Waals surface area contributed by atoms with Crippen LogP contribution in [0.2, 0.25) is 0 Å². The van der Waals surface area contributed by atoms with Crippen molar-refractivity contribution >= 4 is 29.2 Å². The summed E-state index contributed by atoms with van der Waals surface area (Å²) in [5.74, 6) is 0. The lowest BCUT2D eigenvalue weighted by molar-refractivity contribution is 0.659. The number of aryl methyl sites for hydroxylation is 1. The summed E-state index contributed by atoms with van der Waals surface area (Å²) >= 11 is 0. The first-order chi connectivity index (χ1) is 26.0. The predicted octanol–water partition coefficient (Wildman–Crippen LogP) is 14.7. The molecule has 266 valence electrons. The molecule has 6 aromatic carbocycles. The largest absolute Gasteiger partial charge is 0.310 e. The van der Waals surface area contributed by atoms with E-state index in [9.17, 15) is 0 Å².